The Bertz CT molecular complexity index is 1090. The molecule has 10 heteroatoms. The molecule has 1 aromatic carbocycles. The van der Waals surface area contributed by atoms with Gasteiger partial charge in [-0.3, -0.25) is 4.79 Å². The van der Waals surface area contributed by atoms with E-state index < -0.39 is 0 Å². The smallest absolute Gasteiger partial charge is 0.284 e. The van der Waals surface area contributed by atoms with Crippen LogP contribution < -0.4 is 5.32 Å². The van der Waals surface area contributed by atoms with Crippen LogP contribution in [-0.2, 0) is 17.0 Å². The van der Waals surface area contributed by atoms with E-state index in [0.29, 0.717) is 40.8 Å². The Labute approximate surface area is 169 Å². The SMILES string of the molecule is Cc1ccccc1NC(=O)CCc1nc(CSc2nnc(-c3ccco3)o2)no1. The summed E-state index contributed by atoms with van der Waals surface area (Å²) in [6.07, 6.45) is 2.15. The summed E-state index contributed by atoms with van der Waals surface area (Å²) >= 11 is 1.29. The first-order valence-corrected chi connectivity index (χ1v) is 9.83. The second-order valence-corrected chi connectivity index (χ2v) is 7.03. The Kier molecular flexibility index (Phi) is 5.71. The van der Waals surface area contributed by atoms with Crippen LogP contribution in [0.25, 0.3) is 11.7 Å². The molecule has 148 valence electrons. The van der Waals surface area contributed by atoms with Gasteiger partial charge < -0.3 is 18.7 Å². The van der Waals surface area contributed by atoms with Crippen LogP contribution in [0.3, 0.4) is 0 Å². The average molecular weight is 411 g/mol. The highest BCUT2D eigenvalue weighted by molar-refractivity contribution is 7.98. The van der Waals surface area contributed by atoms with Gasteiger partial charge in [0.05, 0.1) is 12.0 Å². The van der Waals surface area contributed by atoms with Crippen LogP contribution in [0.2, 0.25) is 0 Å². The number of para-hydroxylation sites is 1. The van der Waals surface area contributed by atoms with Gasteiger partial charge in [-0.1, -0.05) is 35.1 Å². The molecular weight excluding hydrogens is 394 g/mol. The van der Waals surface area contributed by atoms with Crippen LogP contribution in [0.5, 0.6) is 0 Å². The number of aryl methyl sites for hydroxylation is 2. The first-order chi connectivity index (χ1) is 14.2. The lowest BCUT2D eigenvalue weighted by atomic mass is 10.2. The number of aromatic nitrogens is 4. The van der Waals surface area contributed by atoms with Gasteiger partial charge in [0, 0.05) is 18.5 Å². The topological polar surface area (TPSA) is 120 Å². The number of nitrogens with zero attached hydrogens (tertiary/aromatic N) is 4. The summed E-state index contributed by atoms with van der Waals surface area (Å²) in [5, 5.41) is 15.0. The third-order valence-electron chi connectivity index (χ3n) is 3.96. The van der Waals surface area contributed by atoms with E-state index >= 15 is 0 Å². The number of hydrogen-bond donors (Lipinski definition) is 1. The van der Waals surface area contributed by atoms with Crippen LogP contribution in [0.15, 0.2) is 61.2 Å². The van der Waals surface area contributed by atoms with Gasteiger partial charge in [0.15, 0.2) is 11.6 Å². The van der Waals surface area contributed by atoms with Crippen molar-refractivity contribution >= 4 is 23.4 Å². The Morgan fingerprint density at radius 2 is 2.07 bits per heavy atom. The number of carbonyl (C=O) groups is 1. The molecule has 1 N–H and O–H groups in total. The van der Waals surface area contributed by atoms with Crippen LogP contribution in [0.4, 0.5) is 5.69 Å². The molecule has 0 atom stereocenters. The molecule has 9 nitrogen and oxygen atoms in total. The first-order valence-electron chi connectivity index (χ1n) is 8.84. The van der Waals surface area contributed by atoms with Crippen molar-refractivity contribution in [2.24, 2.45) is 0 Å². The van der Waals surface area contributed by atoms with Gasteiger partial charge in [-0.15, -0.1) is 10.2 Å². The van der Waals surface area contributed by atoms with E-state index in [1.54, 1.807) is 12.1 Å². The third kappa shape index (κ3) is 4.91. The van der Waals surface area contributed by atoms with Gasteiger partial charge in [0.25, 0.3) is 11.1 Å². The highest BCUT2D eigenvalue weighted by atomic mass is 32.2. The lowest BCUT2D eigenvalue weighted by molar-refractivity contribution is -0.116. The second kappa shape index (κ2) is 8.74. The van der Waals surface area contributed by atoms with E-state index in [2.05, 4.69) is 25.7 Å². The number of anilines is 1. The standard InChI is InChI=1S/C19H17N5O4S/c1-12-5-2-3-6-13(12)20-16(25)8-9-17-21-15(24-28-17)11-29-19-23-22-18(27-19)14-7-4-10-26-14/h2-7,10H,8-9,11H2,1H3,(H,20,25). The van der Waals surface area contributed by atoms with Crippen molar-refractivity contribution in [2.75, 3.05) is 5.32 Å². The zero-order valence-electron chi connectivity index (χ0n) is 15.5. The molecule has 0 unspecified atom stereocenters. The van der Waals surface area contributed by atoms with Crippen molar-refractivity contribution in [3.05, 3.63) is 59.9 Å². The van der Waals surface area contributed by atoms with Crippen molar-refractivity contribution in [3.63, 3.8) is 0 Å². The molecule has 0 spiro atoms. The molecule has 0 aliphatic heterocycles. The Morgan fingerprint density at radius 1 is 1.17 bits per heavy atom. The molecular formula is C19H17N5O4S. The molecule has 0 radical (unpaired) electrons. The number of furan rings is 1. The highest BCUT2D eigenvalue weighted by Gasteiger charge is 2.14. The minimum absolute atomic E-state index is 0.107. The normalized spacial score (nSPS) is 10.9. The van der Waals surface area contributed by atoms with Gasteiger partial charge in [0.2, 0.25) is 11.8 Å². The van der Waals surface area contributed by atoms with Crippen molar-refractivity contribution in [1.82, 2.24) is 20.3 Å². The van der Waals surface area contributed by atoms with E-state index in [-0.39, 0.29) is 12.3 Å². The largest absolute Gasteiger partial charge is 0.459 e. The van der Waals surface area contributed by atoms with Crippen LogP contribution in [-0.4, -0.2) is 26.2 Å². The summed E-state index contributed by atoms with van der Waals surface area (Å²) < 4.78 is 15.9. The van der Waals surface area contributed by atoms with Gasteiger partial charge in [-0.25, -0.2) is 0 Å². The van der Waals surface area contributed by atoms with Gasteiger partial charge in [-0.05, 0) is 30.7 Å². The van der Waals surface area contributed by atoms with E-state index in [9.17, 15) is 4.79 Å². The first kappa shape index (κ1) is 18.9. The lowest BCUT2D eigenvalue weighted by Crippen LogP contribution is -2.13. The minimum Gasteiger partial charge on any atom is -0.459 e. The van der Waals surface area contributed by atoms with Crippen molar-refractivity contribution in [1.29, 1.82) is 0 Å². The Morgan fingerprint density at radius 3 is 2.90 bits per heavy atom. The molecule has 0 aliphatic carbocycles. The van der Waals surface area contributed by atoms with Gasteiger partial charge >= 0.3 is 0 Å². The molecule has 3 heterocycles. The predicted octanol–water partition coefficient (Wildman–Crippen LogP) is 3.88. The zero-order valence-corrected chi connectivity index (χ0v) is 16.3. The van der Waals surface area contributed by atoms with E-state index in [4.69, 9.17) is 13.4 Å². The number of hydrogen-bond acceptors (Lipinski definition) is 9. The summed E-state index contributed by atoms with van der Waals surface area (Å²) in [5.74, 6) is 2.01. The van der Waals surface area contributed by atoms with E-state index in [1.165, 1.54) is 18.0 Å². The second-order valence-electron chi connectivity index (χ2n) is 6.11. The van der Waals surface area contributed by atoms with E-state index in [0.717, 1.165) is 11.3 Å². The maximum Gasteiger partial charge on any atom is 0.284 e. The Balaban J connectivity index is 1.25. The summed E-state index contributed by atoms with van der Waals surface area (Å²) in [5.41, 5.74) is 1.81. The molecule has 0 saturated heterocycles. The highest BCUT2D eigenvalue weighted by Crippen LogP contribution is 2.25. The zero-order chi connectivity index (χ0) is 20.1. The van der Waals surface area contributed by atoms with Crippen molar-refractivity contribution < 1.29 is 18.2 Å². The third-order valence-corrected chi connectivity index (χ3v) is 4.77. The summed E-state index contributed by atoms with van der Waals surface area (Å²) in [7, 11) is 0. The van der Waals surface area contributed by atoms with Crippen LogP contribution in [0.1, 0.15) is 23.7 Å². The lowest BCUT2D eigenvalue weighted by Gasteiger charge is -2.06. The molecule has 0 fully saturated rings. The maximum atomic E-state index is 12.1. The summed E-state index contributed by atoms with van der Waals surface area (Å²) in [6.45, 7) is 1.94. The molecule has 4 rings (SSSR count). The monoisotopic (exact) mass is 411 g/mol. The van der Waals surface area contributed by atoms with E-state index in [1.807, 2.05) is 31.2 Å². The van der Waals surface area contributed by atoms with Gasteiger partial charge in [0.1, 0.15) is 0 Å². The number of thioether (sulfide) groups is 1. The molecule has 4 aromatic rings. The average Bonchev–Trinajstić information content (AvgIpc) is 3.47. The predicted molar refractivity (Wildman–Crippen MR) is 104 cm³/mol. The number of benzene rings is 1. The van der Waals surface area contributed by atoms with Crippen LogP contribution in [0, 0.1) is 6.92 Å². The molecule has 0 bridgehead atoms. The summed E-state index contributed by atoms with van der Waals surface area (Å²) in [6, 6.07) is 11.1. The van der Waals surface area contributed by atoms with Gasteiger partial charge in [-0.2, -0.15) is 4.98 Å². The molecule has 0 aliphatic rings. The fourth-order valence-corrected chi connectivity index (χ4v) is 3.10. The maximum absolute atomic E-state index is 12.1. The fourth-order valence-electron chi connectivity index (χ4n) is 2.49. The fraction of sp³-hybridized carbons (Fsp3) is 0.211. The molecule has 1 amide bonds. The molecule has 29 heavy (non-hydrogen) atoms. The summed E-state index contributed by atoms with van der Waals surface area (Å²) in [4.78, 5) is 16.4. The number of carbonyl (C=O) groups excluding carboxylic acids is 1. The number of amides is 1. The molecule has 0 saturated carbocycles. The van der Waals surface area contributed by atoms with Crippen molar-refractivity contribution in [3.8, 4) is 11.7 Å². The quantitative estimate of drug-likeness (QED) is 0.430. The molecule has 3 aromatic heterocycles. The number of nitrogens with one attached hydrogen (secondary N) is 1. The number of rotatable bonds is 8. The minimum atomic E-state index is -0.107. The van der Waals surface area contributed by atoms with Crippen molar-refractivity contribution in [2.45, 2.75) is 30.7 Å². The Hall–Kier alpha value is -3.40. The van der Waals surface area contributed by atoms with Crippen LogP contribution >= 0.6 is 11.8 Å².